The summed E-state index contributed by atoms with van der Waals surface area (Å²) in [6.45, 7) is 4.43. The van der Waals surface area contributed by atoms with Gasteiger partial charge in [0.25, 0.3) is 0 Å². The van der Waals surface area contributed by atoms with Gasteiger partial charge in [-0.3, -0.25) is 0 Å². The molecule has 0 saturated carbocycles. The molecular formula is C9H14O4. The van der Waals surface area contributed by atoms with Gasteiger partial charge in [0.05, 0.1) is 12.7 Å². The molecule has 0 bridgehead atoms. The Morgan fingerprint density at radius 2 is 2.15 bits per heavy atom. The zero-order valence-corrected chi connectivity index (χ0v) is 7.86. The van der Waals surface area contributed by atoms with Gasteiger partial charge in [-0.05, 0) is 13.8 Å². The Hall–Kier alpha value is -0.450. The molecule has 0 radical (unpaired) electrons. The minimum absolute atomic E-state index is 0.0693. The fraction of sp³-hybridized carbons (Fsp3) is 0.889. The maximum absolute atomic E-state index is 10.4. The highest BCUT2D eigenvalue weighted by atomic mass is 16.8. The molecule has 0 aromatic heterocycles. The first-order chi connectivity index (χ1) is 6.12. The van der Waals surface area contributed by atoms with Crippen LogP contribution in [-0.2, 0) is 19.0 Å². The van der Waals surface area contributed by atoms with E-state index in [1.807, 2.05) is 13.8 Å². The lowest BCUT2D eigenvalue weighted by Crippen LogP contribution is -2.28. The predicted octanol–water partition coefficient (Wildman–Crippen LogP) is 0.494. The zero-order chi connectivity index (χ0) is 9.47. The molecule has 0 aromatic rings. The van der Waals surface area contributed by atoms with Crippen molar-refractivity contribution in [2.75, 3.05) is 6.61 Å². The SMILES string of the molecule is CC1(C)OC(CC=O)C(C2CO2)O1. The van der Waals surface area contributed by atoms with Crippen LogP contribution in [0.25, 0.3) is 0 Å². The van der Waals surface area contributed by atoms with Crippen LogP contribution in [0.1, 0.15) is 20.3 Å². The molecular weight excluding hydrogens is 172 g/mol. The van der Waals surface area contributed by atoms with Gasteiger partial charge in [-0.25, -0.2) is 0 Å². The number of aldehydes is 1. The third kappa shape index (κ3) is 1.90. The van der Waals surface area contributed by atoms with Crippen molar-refractivity contribution in [1.29, 1.82) is 0 Å². The number of epoxide rings is 1. The monoisotopic (exact) mass is 186 g/mol. The maximum atomic E-state index is 10.4. The topological polar surface area (TPSA) is 48.1 Å². The van der Waals surface area contributed by atoms with E-state index in [-0.39, 0.29) is 18.3 Å². The molecule has 0 aromatic carbocycles. The average molecular weight is 186 g/mol. The lowest BCUT2D eigenvalue weighted by atomic mass is 10.1. The highest BCUT2D eigenvalue weighted by Crippen LogP contribution is 2.35. The van der Waals surface area contributed by atoms with Crippen LogP contribution in [0.15, 0.2) is 0 Å². The second-order valence-corrected chi connectivity index (χ2v) is 3.91. The van der Waals surface area contributed by atoms with E-state index in [1.165, 1.54) is 0 Å². The molecule has 4 heteroatoms. The van der Waals surface area contributed by atoms with Crippen molar-refractivity contribution in [1.82, 2.24) is 0 Å². The number of ether oxygens (including phenoxy) is 3. The van der Waals surface area contributed by atoms with E-state index in [9.17, 15) is 4.79 Å². The smallest absolute Gasteiger partial charge is 0.163 e. The Kier molecular flexibility index (Phi) is 2.14. The first-order valence-electron chi connectivity index (χ1n) is 4.53. The summed E-state index contributed by atoms with van der Waals surface area (Å²) >= 11 is 0. The highest BCUT2D eigenvalue weighted by molar-refractivity contribution is 5.50. The van der Waals surface area contributed by atoms with E-state index in [2.05, 4.69) is 0 Å². The van der Waals surface area contributed by atoms with Crippen LogP contribution in [-0.4, -0.2) is 37.0 Å². The van der Waals surface area contributed by atoms with Gasteiger partial charge in [0, 0.05) is 6.42 Å². The summed E-state index contributed by atoms with van der Waals surface area (Å²) in [5.74, 6) is -0.579. The van der Waals surface area contributed by atoms with Gasteiger partial charge in [0.2, 0.25) is 0 Å². The third-order valence-electron chi connectivity index (χ3n) is 2.28. The lowest BCUT2D eigenvalue weighted by molar-refractivity contribution is -0.148. The first-order valence-corrected chi connectivity index (χ1v) is 4.53. The van der Waals surface area contributed by atoms with Gasteiger partial charge < -0.3 is 19.0 Å². The molecule has 0 amide bonds. The second kappa shape index (κ2) is 3.04. The van der Waals surface area contributed by atoms with Gasteiger partial charge in [-0.1, -0.05) is 0 Å². The molecule has 3 atom stereocenters. The molecule has 13 heavy (non-hydrogen) atoms. The summed E-state index contributed by atoms with van der Waals surface area (Å²) < 4.78 is 16.3. The van der Waals surface area contributed by atoms with E-state index >= 15 is 0 Å². The van der Waals surface area contributed by atoms with Crippen LogP contribution >= 0.6 is 0 Å². The fourth-order valence-electron chi connectivity index (χ4n) is 1.70. The standard InChI is InChI=1S/C9H14O4/c1-9(2)12-6(3-4-10)8(13-9)7-5-11-7/h4,6-8H,3,5H2,1-2H3. The van der Waals surface area contributed by atoms with Crippen molar-refractivity contribution in [3.8, 4) is 0 Å². The summed E-state index contributed by atoms with van der Waals surface area (Å²) in [5.41, 5.74) is 0. The van der Waals surface area contributed by atoms with Crippen molar-refractivity contribution >= 4 is 6.29 Å². The second-order valence-electron chi connectivity index (χ2n) is 3.91. The number of hydrogen-bond acceptors (Lipinski definition) is 4. The van der Waals surface area contributed by atoms with E-state index in [0.29, 0.717) is 6.42 Å². The number of hydrogen-bond donors (Lipinski definition) is 0. The Balaban J connectivity index is 2.01. The molecule has 2 saturated heterocycles. The zero-order valence-electron chi connectivity index (χ0n) is 7.86. The average Bonchev–Trinajstić information content (AvgIpc) is 2.78. The maximum Gasteiger partial charge on any atom is 0.163 e. The van der Waals surface area contributed by atoms with Crippen LogP contribution in [0.4, 0.5) is 0 Å². The predicted molar refractivity (Wildman–Crippen MR) is 44.2 cm³/mol. The van der Waals surface area contributed by atoms with Gasteiger partial charge in [-0.15, -0.1) is 0 Å². The Morgan fingerprint density at radius 1 is 1.46 bits per heavy atom. The summed E-state index contributed by atoms with van der Waals surface area (Å²) in [4.78, 5) is 10.4. The van der Waals surface area contributed by atoms with Crippen LogP contribution < -0.4 is 0 Å². The van der Waals surface area contributed by atoms with Crippen LogP contribution in [0.2, 0.25) is 0 Å². The lowest BCUT2D eigenvalue weighted by Gasteiger charge is -2.16. The molecule has 74 valence electrons. The van der Waals surface area contributed by atoms with Gasteiger partial charge in [-0.2, -0.15) is 0 Å². The Morgan fingerprint density at radius 3 is 2.69 bits per heavy atom. The molecule has 3 unspecified atom stereocenters. The third-order valence-corrected chi connectivity index (χ3v) is 2.28. The molecule has 2 heterocycles. The molecule has 2 rings (SSSR count). The molecule has 2 aliphatic rings. The van der Waals surface area contributed by atoms with Gasteiger partial charge in [0.15, 0.2) is 5.79 Å². The Labute approximate surface area is 77.1 Å². The molecule has 2 aliphatic heterocycles. The molecule has 4 nitrogen and oxygen atoms in total. The first kappa shape index (κ1) is 9.12. The minimum atomic E-state index is -0.579. The van der Waals surface area contributed by atoms with Crippen molar-refractivity contribution in [3.05, 3.63) is 0 Å². The number of rotatable bonds is 3. The molecule has 0 spiro atoms. The Bertz CT molecular complexity index is 210. The van der Waals surface area contributed by atoms with Crippen molar-refractivity contribution in [2.45, 2.75) is 44.4 Å². The normalized spacial score (nSPS) is 41.8. The van der Waals surface area contributed by atoms with E-state index < -0.39 is 5.79 Å². The van der Waals surface area contributed by atoms with Gasteiger partial charge >= 0.3 is 0 Å². The minimum Gasteiger partial charge on any atom is -0.370 e. The summed E-state index contributed by atoms with van der Waals surface area (Å²) in [6.07, 6.45) is 1.17. The number of carbonyl (C=O) groups is 1. The van der Waals surface area contributed by atoms with E-state index in [0.717, 1.165) is 12.9 Å². The highest BCUT2D eigenvalue weighted by Gasteiger charge is 2.49. The summed E-state index contributed by atoms with van der Waals surface area (Å²) in [6, 6.07) is 0. The van der Waals surface area contributed by atoms with Crippen molar-refractivity contribution in [2.24, 2.45) is 0 Å². The van der Waals surface area contributed by atoms with Crippen molar-refractivity contribution < 1.29 is 19.0 Å². The van der Waals surface area contributed by atoms with Crippen LogP contribution in [0, 0.1) is 0 Å². The summed E-state index contributed by atoms with van der Waals surface area (Å²) in [7, 11) is 0. The van der Waals surface area contributed by atoms with E-state index in [1.54, 1.807) is 0 Å². The fourth-order valence-corrected chi connectivity index (χ4v) is 1.70. The van der Waals surface area contributed by atoms with Crippen LogP contribution in [0.5, 0.6) is 0 Å². The largest absolute Gasteiger partial charge is 0.370 e. The van der Waals surface area contributed by atoms with Crippen LogP contribution in [0.3, 0.4) is 0 Å². The quantitative estimate of drug-likeness (QED) is 0.475. The molecule has 2 fully saturated rings. The summed E-state index contributed by atoms with van der Waals surface area (Å²) in [5, 5.41) is 0. The molecule has 0 N–H and O–H groups in total. The van der Waals surface area contributed by atoms with Gasteiger partial charge in [0.1, 0.15) is 18.5 Å². The molecule has 0 aliphatic carbocycles. The van der Waals surface area contributed by atoms with Crippen molar-refractivity contribution in [3.63, 3.8) is 0 Å². The number of carbonyl (C=O) groups excluding carboxylic acids is 1. The van der Waals surface area contributed by atoms with E-state index in [4.69, 9.17) is 14.2 Å².